The summed E-state index contributed by atoms with van der Waals surface area (Å²) in [7, 11) is -7.28. The predicted molar refractivity (Wildman–Crippen MR) is 110 cm³/mol. The highest BCUT2D eigenvalue weighted by Gasteiger charge is 2.27. The molecule has 0 amide bonds. The zero-order valence-corrected chi connectivity index (χ0v) is 17.9. The van der Waals surface area contributed by atoms with Crippen molar-refractivity contribution in [2.45, 2.75) is 49.3 Å². The van der Waals surface area contributed by atoms with Crippen LogP contribution < -0.4 is 9.44 Å². The van der Waals surface area contributed by atoms with Gasteiger partial charge in [0.25, 0.3) is 0 Å². The molecule has 10 heteroatoms. The fourth-order valence-electron chi connectivity index (χ4n) is 3.61. The van der Waals surface area contributed by atoms with Crippen LogP contribution in [0.2, 0.25) is 0 Å². The Kier molecular flexibility index (Phi) is 7.22. The summed E-state index contributed by atoms with van der Waals surface area (Å²) in [6, 6.07) is 10.3. The third kappa shape index (κ3) is 7.12. The van der Waals surface area contributed by atoms with E-state index in [1.807, 2.05) is 0 Å². The smallest absolute Gasteiger partial charge is 0.212 e. The predicted octanol–water partition coefficient (Wildman–Crippen LogP) is 2.82. The minimum Gasteiger partial charge on any atom is -0.212 e. The van der Waals surface area contributed by atoms with Crippen LogP contribution in [0.4, 0.5) is 8.78 Å². The maximum atomic E-state index is 13.2. The Hall–Kier alpha value is -1.88. The van der Waals surface area contributed by atoms with E-state index in [0.29, 0.717) is 36.8 Å². The van der Waals surface area contributed by atoms with Gasteiger partial charge in [-0.1, -0.05) is 24.3 Å². The number of halogens is 2. The van der Waals surface area contributed by atoms with Crippen molar-refractivity contribution in [2.75, 3.05) is 0 Å². The highest BCUT2D eigenvalue weighted by atomic mass is 32.2. The van der Waals surface area contributed by atoms with Crippen molar-refractivity contribution in [3.8, 4) is 0 Å². The van der Waals surface area contributed by atoms with Crippen molar-refractivity contribution in [3.05, 3.63) is 71.3 Å². The van der Waals surface area contributed by atoms with Crippen LogP contribution in [-0.4, -0.2) is 28.9 Å². The Morgan fingerprint density at radius 3 is 1.40 bits per heavy atom. The minimum atomic E-state index is -3.64. The second-order valence-corrected chi connectivity index (χ2v) is 11.1. The third-order valence-corrected chi connectivity index (χ3v) is 7.72. The number of benzene rings is 2. The fraction of sp³-hybridized carbons (Fsp3) is 0.400. The van der Waals surface area contributed by atoms with Crippen molar-refractivity contribution in [1.29, 1.82) is 0 Å². The van der Waals surface area contributed by atoms with E-state index in [0.717, 1.165) is 0 Å². The zero-order chi connectivity index (χ0) is 21.8. The highest BCUT2D eigenvalue weighted by molar-refractivity contribution is 7.89. The first-order valence-corrected chi connectivity index (χ1v) is 12.9. The Balaban J connectivity index is 1.49. The summed E-state index contributed by atoms with van der Waals surface area (Å²) in [5.41, 5.74) is 0.725. The summed E-state index contributed by atoms with van der Waals surface area (Å²) in [5, 5.41) is 0. The molecule has 0 spiro atoms. The Morgan fingerprint density at radius 2 is 1.07 bits per heavy atom. The summed E-state index contributed by atoms with van der Waals surface area (Å²) in [5.74, 6) is -1.61. The van der Waals surface area contributed by atoms with Gasteiger partial charge in [-0.25, -0.2) is 35.1 Å². The molecular weight excluding hydrogens is 434 g/mol. The van der Waals surface area contributed by atoms with Crippen LogP contribution in [0.1, 0.15) is 36.8 Å². The standard InChI is InChI=1S/C20H24F2N2O4S2/c21-17-5-1-3-15(11-17)13-29(25,26)23-19-7-9-20(10-8-19)24-30(27,28)14-16-4-2-6-18(22)12-16/h1-6,11-12,19-20,23-24H,7-10,13-14H2. The molecule has 164 valence electrons. The Morgan fingerprint density at radius 1 is 0.700 bits per heavy atom. The van der Waals surface area contributed by atoms with Crippen LogP contribution in [0.5, 0.6) is 0 Å². The van der Waals surface area contributed by atoms with E-state index in [-0.39, 0.29) is 23.6 Å². The molecule has 1 aliphatic carbocycles. The van der Waals surface area contributed by atoms with Crippen LogP contribution in [0, 0.1) is 11.6 Å². The molecule has 1 aliphatic rings. The van der Waals surface area contributed by atoms with Gasteiger partial charge in [0.1, 0.15) is 11.6 Å². The minimum absolute atomic E-state index is 0.299. The lowest BCUT2D eigenvalue weighted by Gasteiger charge is -2.29. The van der Waals surface area contributed by atoms with Crippen molar-refractivity contribution < 1.29 is 25.6 Å². The normalized spacial score (nSPS) is 20.2. The van der Waals surface area contributed by atoms with Gasteiger partial charge >= 0.3 is 0 Å². The van der Waals surface area contributed by atoms with Crippen molar-refractivity contribution in [1.82, 2.24) is 9.44 Å². The van der Waals surface area contributed by atoms with Gasteiger partial charge in [-0.3, -0.25) is 0 Å². The number of hydrogen-bond donors (Lipinski definition) is 2. The van der Waals surface area contributed by atoms with Crippen LogP contribution in [-0.2, 0) is 31.6 Å². The average Bonchev–Trinajstić information content (AvgIpc) is 2.62. The fourth-order valence-corrected chi connectivity index (χ4v) is 6.50. The molecule has 0 saturated heterocycles. The second kappa shape index (κ2) is 9.51. The van der Waals surface area contributed by atoms with Crippen molar-refractivity contribution >= 4 is 20.0 Å². The van der Waals surface area contributed by atoms with E-state index < -0.39 is 31.7 Å². The lowest BCUT2D eigenvalue weighted by Crippen LogP contribution is -2.44. The molecule has 0 atom stereocenters. The first-order chi connectivity index (χ1) is 14.1. The molecular formula is C20H24F2N2O4S2. The third-order valence-electron chi connectivity index (χ3n) is 4.91. The summed E-state index contributed by atoms with van der Waals surface area (Å²) in [6.07, 6.45) is 1.93. The Bertz CT molecular complexity index is 996. The van der Waals surface area contributed by atoms with E-state index >= 15 is 0 Å². The highest BCUT2D eigenvalue weighted by Crippen LogP contribution is 2.21. The topological polar surface area (TPSA) is 92.3 Å². The molecule has 0 bridgehead atoms. The molecule has 2 aromatic rings. The molecule has 0 aliphatic heterocycles. The maximum Gasteiger partial charge on any atom is 0.216 e. The number of sulfonamides is 2. The molecule has 0 radical (unpaired) electrons. The molecule has 0 unspecified atom stereocenters. The molecule has 30 heavy (non-hydrogen) atoms. The van der Waals surface area contributed by atoms with Gasteiger partial charge in [-0.15, -0.1) is 0 Å². The van der Waals surface area contributed by atoms with E-state index in [4.69, 9.17) is 0 Å². The van der Waals surface area contributed by atoms with Gasteiger partial charge in [0.2, 0.25) is 20.0 Å². The summed E-state index contributed by atoms with van der Waals surface area (Å²) in [6.45, 7) is 0. The lowest BCUT2D eigenvalue weighted by molar-refractivity contribution is 0.355. The first kappa shape index (κ1) is 22.8. The maximum absolute atomic E-state index is 13.2. The number of hydrogen-bond acceptors (Lipinski definition) is 4. The molecule has 1 fully saturated rings. The number of nitrogens with one attached hydrogen (secondary N) is 2. The van der Waals surface area contributed by atoms with Crippen molar-refractivity contribution in [3.63, 3.8) is 0 Å². The summed E-state index contributed by atoms with van der Waals surface area (Å²) < 4.78 is 81.1. The van der Waals surface area contributed by atoms with E-state index in [1.165, 1.54) is 36.4 Å². The van der Waals surface area contributed by atoms with Gasteiger partial charge in [-0.05, 0) is 61.1 Å². The van der Waals surface area contributed by atoms with E-state index in [2.05, 4.69) is 9.44 Å². The van der Waals surface area contributed by atoms with Crippen LogP contribution in [0.3, 0.4) is 0 Å². The second-order valence-electron chi connectivity index (χ2n) is 7.56. The van der Waals surface area contributed by atoms with Crippen molar-refractivity contribution in [2.24, 2.45) is 0 Å². The quantitative estimate of drug-likeness (QED) is 0.636. The van der Waals surface area contributed by atoms with Crippen LogP contribution in [0.25, 0.3) is 0 Å². The van der Waals surface area contributed by atoms with Gasteiger partial charge in [0.05, 0.1) is 11.5 Å². The summed E-state index contributed by atoms with van der Waals surface area (Å²) in [4.78, 5) is 0. The molecule has 0 aromatic heterocycles. The average molecular weight is 459 g/mol. The largest absolute Gasteiger partial charge is 0.216 e. The molecule has 0 heterocycles. The van der Waals surface area contributed by atoms with Crippen LogP contribution in [0.15, 0.2) is 48.5 Å². The Labute approximate surface area is 175 Å². The summed E-state index contributed by atoms with van der Waals surface area (Å²) >= 11 is 0. The molecule has 2 N–H and O–H groups in total. The van der Waals surface area contributed by atoms with Crippen LogP contribution >= 0.6 is 0 Å². The van der Waals surface area contributed by atoms with E-state index in [1.54, 1.807) is 12.1 Å². The van der Waals surface area contributed by atoms with Gasteiger partial charge in [0.15, 0.2) is 0 Å². The van der Waals surface area contributed by atoms with E-state index in [9.17, 15) is 25.6 Å². The van der Waals surface area contributed by atoms with Gasteiger partial charge in [-0.2, -0.15) is 0 Å². The molecule has 3 rings (SSSR count). The monoisotopic (exact) mass is 458 g/mol. The molecule has 1 saturated carbocycles. The number of rotatable bonds is 8. The van der Waals surface area contributed by atoms with Gasteiger partial charge in [0, 0.05) is 12.1 Å². The first-order valence-electron chi connectivity index (χ1n) is 9.59. The molecule has 6 nitrogen and oxygen atoms in total. The van der Waals surface area contributed by atoms with Gasteiger partial charge < -0.3 is 0 Å². The zero-order valence-electron chi connectivity index (χ0n) is 16.2. The lowest BCUT2D eigenvalue weighted by atomic mass is 9.92. The molecule has 2 aromatic carbocycles. The SMILES string of the molecule is O=S(=O)(Cc1cccc(F)c1)NC1CCC(NS(=O)(=O)Cc2cccc(F)c2)CC1.